The lowest BCUT2D eigenvalue weighted by molar-refractivity contribution is -0.128. The lowest BCUT2D eigenvalue weighted by atomic mass is 9.81. The van der Waals surface area contributed by atoms with Crippen LogP contribution in [0.1, 0.15) is 23.5 Å². The van der Waals surface area contributed by atoms with Crippen LogP contribution in [0.4, 0.5) is 0 Å². The van der Waals surface area contributed by atoms with Crippen molar-refractivity contribution in [1.82, 2.24) is 14.7 Å². The fraction of sp³-hybridized carbons (Fsp3) is 0.520. The van der Waals surface area contributed by atoms with Crippen LogP contribution in [0.25, 0.3) is 0 Å². The number of carbonyl (C=O) groups excluding carboxylic acids is 1. The predicted molar refractivity (Wildman–Crippen MR) is 131 cm³/mol. The summed E-state index contributed by atoms with van der Waals surface area (Å²) in [5, 5.41) is 19.5. The van der Waals surface area contributed by atoms with E-state index in [-0.39, 0.29) is 42.1 Å². The Morgan fingerprint density at radius 3 is 2.59 bits per heavy atom. The van der Waals surface area contributed by atoms with Gasteiger partial charge in [-0.1, -0.05) is 29.8 Å². The standard InChI is InChI=1S/C25H33N7O2/c1-17-4-6-18(7-5-17)21-20(14-19(15-26)25(34)31-11-9-30(2)10-12-31)32(8-3-13-33)24-22(21)23(27)28-16-29-24/h4-7,14,16,20-22,24,33H,3,8-13H2,1-2H3,(H2,27,28,29)/b19-14+. The molecular formula is C25H33N7O2. The topological polar surface area (TPSA) is 122 Å². The fourth-order valence-corrected chi connectivity index (χ4v) is 5.19. The molecule has 0 radical (unpaired) electrons. The summed E-state index contributed by atoms with van der Waals surface area (Å²) in [6.07, 6.45) is 3.57. The number of hydrogen-bond acceptors (Lipinski definition) is 8. The number of nitrogens with zero attached hydrogens (tertiary/aromatic N) is 6. The number of fused-ring (bicyclic) bond motifs is 1. The molecule has 0 spiro atoms. The maximum absolute atomic E-state index is 13.3. The Bertz CT molecular complexity index is 1020. The van der Waals surface area contributed by atoms with E-state index in [1.165, 1.54) is 6.34 Å². The Morgan fingerprint density at radius 2 is 1.94 bits per heavy atom. The lowest BCUT2D eigenvalue weighted by Gasteiger charge is -2.33. The number of aliphatic hydroxyl groups is 1. The van der Waals surface area contributed by atoms with E-state index in [0.29, 0.717) is 31.9 Å². The Morgan fingerprint density at radius 1 is 1.24 bits per heavy atom. The van der Waals surface area contributed by atoms with Crippen LogP contribution in [-0.4, -0.2) is 96.5 Å². The van der Waals surface area contributed by atoms with Gasteiger partial charge in [-0.2, -0.15) is 5.26 Å². The molecule has 3 aliphatic heterocycles. The highest BCUT2D eigenvalue weighted by Crippen LogP contribution is 2.45. The molecule has 4 atom stereocenters. The van der Waals surface area contributed by atoms with E-state index in [9.17, 15) is 15.2 Å². The Kier molecular flexibility index (Phi) is 7.41. The van der Waals surface area contributed by atoms with Crippen LogP contribution in [0.3, 0.4) is 0 Å². The van der Waals surface area contributed by atoms with Crippen molar-refractivity contribution in [2.45, 2.75) is 31.5 Å². The number of rotatable bonds is 6. The van der Waals surface area contributed by atoms with Gasteiger partial charge in [-0.25, -0.2) is 4.99 Å². The van der Waals surface area contributed by atoms with Gasteiger partial charge < -0.3 is 20.6 Å². The van der Waals surface area contributed by atoms with E-state index in [4.69, 9.17) is 5.73 Å². The van der Waals surface area contributed by atoms with Crippen LogP contribution >= 0.6 is 0 Å². The number of nitriles is 1. The largest absolute Gasteiger partial charge is 0.396 e. The van der Waals surface area contributed by atoms with Gasteiger partial charge in [0.1, 0.15) is 30.0 Å². The van der Waals surface area contributed by atoms with Gasteiger partial charge in [0.25, 0.3) is 5.91 Å². The quantitative estimate of drug-likeness (QED) is 0.473. The van der Waals surface area contributed by atoms with Crippen molar-refractivity contribution in [2.24, 2.45) is 21.6 Å². The maximum Gasteiger partial charge on any atom is 0.264 e. The van der Waals surface area contributed by atoms with Crippen molar-refractivity contribution < 1.29 is 9.90 Å². The van der Waals surface area contributed by atoms with Crippen LogP contribution in [0.5, 0.6) is 0 Å². The lowest BCUT2D eigenvalue weighted by Crippen LogP contribution is -2.47. The van der Waals surface area contributed by atoms with Gasteiger partial charge in [-0.05, 0) is 32.0 Å². The number of aliphatic imine (C=N–C) groups is 2. The molecule has 0 bridgehead atoms. The summed E-state index contributed by atoms with van der Waals surface area (Å²) in [5.41, 5.74) is 8.75. The Labute approximate surface area is 200 Å². The van der Waals surface area contributed by atoms with E-state index < -0.39 is 0 Å². The monoisotopic (exact) mass is 463 g/mol. The van der Waals surface area contributed by atoms with Gasteiger partial charge >= 0.3 is 0 Å². The second-order valence-corrected chi connectivity index (χ2v) is 9.29. The van der Waals surface area contributed by atoms with Crippen molar-refractivity contribution in [2.75, 3.05) is 46.4 Å². The number of likely N-dealkylation sites (tertiary alicyclic amines) is 1. The number of piperazine rings is 1. The molecular weight excluding hydrogens is 430 g/mol. The smallest absolute Gasteiger partial charge is 0.264 e. The number of hydrogen-bond donors (Lipinski definition) is 2. The van der Waals surface area contributed by atoms with E-state index >= 15 is 0 Å². The molecule has 1 amide bonds. The van der Waals surface area contributed by atoms with E-state index in [1.807, 2.05) is 14.0 Å². The summed E-state index contributed by atoms with van der Waals surface area (Å²) in [4.78, 5) is 28.3. The number of likely N-dealkylation sites (N-methyl/N-ethyl adjacent to an activating group) is 1. The summed E-state index contributed by atoms with van der Waals surface area (Å²) in [6, 6.07) is 10.1. The van der Waals surface area contributed by atoms with Crippen molar-refractivity contribution in [1.29, 1.82) is 5.26 Å². The predicted octanol–water partition coefficient (Wildman–Crippen LogP) is 0.711. The van der Waals surface area contributed by atoms with E-state index in [0.717, 1.165) is 24.2 Å². The second-order valence-electron chi connectivity index (χ2n) is 9.29. The van der Waals surface area contributed by atoms with Crippen molar-refractivity contribution >= 4 is 18.1 Å². The maximum atomic E-state index is 13.3. The first kappa shape index (κ1) is 24.1. The number of aliphatic hydroxyl groups excluding tert-OH is 1. The minimum atomic E-state index is -0.292. The minimum absolute atomic E-state index is 0.0398. The highest BCUT2D eigenvalue weighted by Gasteiger charge is 2.51. The number of aryl methyl sites for hydroxylation is 1. The minimum Gasteiger partial charge on any atom is -0.396 e. The van der Waals surface area contributed by atoms with Crippen molar-refractivity contribution in [3.05, 3.63) is 47.0 Å². The van der Waals surface area contributed by atoms with Gasteiger partial charge in [0, 0.05) is 51.3 Å². The van der Waals surface area contributed by atoms with Gasteiger partial charge in [-0.15, -0.1) is 0 Å². The van der Waals surface area contributed by atoms with E-state index in [1.54, 1.807) is 11.0 Å². The van der Waals surface area contributed by atoms with E-state index in [2.05, 4.69) is 50.1 Å². The molecule has 3 heterocycles. The summed E-state index contributed by atoms with van der Waals surface area (Å²) in [5.74, 6) is -0.0554. The van der Waals surface area contributed by atoms with Gasteiger partial charge in [0.15, 0.2) is 0 Å². The van der Waals surface area contributed by atoms with Gasteiger partial charge in [0.2, 0.25) is 0 Å². The molecule has 34 heavy (non-hydrogen) atoms. The van der Waals surface area contributed by atoms with Gasteiger partial charge in [0.05, 0.1) is 5.92 Å². The molecule has 3 aliphatic rings. The number of nitrogens with two attached hydrogens (primary N) is 1. The van der Waals surface area contributed by atoms with Crippen LogP contribution < -0.4 is 5.73 Å². The first-order chi connectivity index (χ1) is 16.4. The third-order valence-electron chi connectivity index (χ3n) is 7.08. The highest BCUT2D eigenvalue weighted by molar-refractivity contribution is 5.97. The van der Waals surface area contributed by atoms with Crippen LogP contribution in [0.2, 0.25) is 0 Å². The molecule has 180 valence electrons. The van der Waals surface area contributed by atoms with Crippen molar-refractivity contribution in [3.8, 4) is 6.07 Å². The number of amidine groups is 1. The molecule has 1 aromatic carbocycles. The summed E-state index contributed by atoms with van der Waals surface area (Å²) in [6.45, 7) is 5.41. The molecule has 9 heteroatoms. The number of amides is 1. The third kappa shape index (κ3) is 4.75. The first-order valence-electron chi connectivity index (χ1n) is 11.8. The van der Waals surface area contributed by atoms with Gasteiger partial charge in [-0.3, -0.25) is 14.7 Å². The van der Waals surface area contributed by atoms with Crippen LogP contribution in [0.15, 0.2) is 45.9 Å². The summed E-state index contributed by atoms with van der Waals surface area (Å²) < 4.78 is 0. The molecule has 0 aromatic heterocycles. The number of benzene rings is 1. The average Bonchev–Trinajstić information content (AvgIpc) is 3.15. The van der Waals surface area contributed by atoms with Crippen molar-refractivity contribution in [3.63, 3.8) is 0 Å². The third-order valence-corrected chi connectivity index (χ3v) is 7.08. The molecule has 2 fully saturated rings. The second kappa shape index (κ2) is 10.5. The molecule has 0 aliphatic carbocycles. The van der Waals surface area contributed by atoms with Crippen LogP contribution in [0, 0.1) is 24.2 Å². The molecule has 9 nitrogen and oxygen atoms in total. The zero-order valence-electron chi connectivity index (χ0n) is 19.8. The molecule has 4 unspecified atom stereocenters. The zero-order valence-corrected chi connectivity index (χ0v) is 19.8. The molecule has 2 saturated heterocycles. The first-order valence-corrected chi connectivity index (χ1v) is 11.8. The molecule has 4 rings (SSSR count). The fourth-order valence-electron chi connectivity index (χ4n) is 5.19. The van der Waals surface area contributed by atoms with Crippen LogP contribution in [-0.2, 0) is 4.79 Å². The SMILES string of the molecule is Cc1ccc(C2C3C(N)=NC=NC3N(CCCO)C2/C=C(\C#N)C(=O)N2CCN(C)CC2)cc1. The highest BCUT2D eigenvalue weighted by atomic mass is 16.3. The average molecular weight is 464 g/mol. The summed E-state index contributed by atoms with van der Waals surface area (Å²) in [7, 11) is 2.03. The Balaban J connectivity index is 1.75. The molecule has 0 saturated carbocycles. The molecule has 3 N–H and O–H groups in total. The zero-order chi connectivity index (χ0) is 24.2. The number of carbonyl (C=O) groups is 1. The summed E-state index contributed by atoms with van der Waals surface area (Å²) >= 11 is 0. The molecule has 1 aromatic rings. The Hall–Kier alpha value is -3.06. The normalized spacial score (nSPS) is 27.9.